The molecular weight excluding hydrogens is 414 g/mol. The summed E-state index contributed by atoms with van der Waals surface area (Å²) in [4.78, 5) is 19.3. The lowest BCUT2D eigenvalue weighted by Gasteiger charge is -2.36. The highest BCUT2D eigenvalue weighted by molar-refractivity contribution is 5.90. The van der Waals surface area contributed by atoms with Crippen molar-refractivity contribution in [2.24, 2.45) is 11.5 Å². The summed E-state index contributed by atoms with van der Waals surface area (Å²) in [6.07, 6.45) is 0.878. The number of ether oxygens (including phenoxy) is 1. The molecule has 0 aromatic heterocycles. The Hall–Kier alpha value is -2.61. The van der Waals surface area contributed by atoms with Crippen LogP contribution in [-0.4, -0.2) is 69.8 Å². The molecule has 0 aliphatic carbocycles. The van der Waals surface area contributed by atoms with E-state index in [1.807, 2.05) is 32.0 Å². The smallest absolute Gasteiger partial charge is 0.338 e. The maximum Gasteiger partial charge on any atom is 0.338 e. The number of hydrogen-bond donors (Lipinski definition) is 2. The summed E-state index contributed by atoms with van der Waals surface area (Å²) in [5, 5.41) is 0. The third kappa shape index (κ3) is 6.25. The van der Waals surface area contributed by atoms with Crippen molar-refractivity contribution in [3.63, 3.8) is 0 Å². The van der Waals surface area contributed by atoms with Crippen LogP contribution >= 0.6 is 0 Å². The fraction of sp³-hybridized carbons (Fsp3) is 0.500. The average Bonchev–Trinajstić information content (AvgIpc) is 2.81. The second kappa shape index (κ2) is 12.0. The molecular formula is C26H39N5O2. The molecule has 0 atom stereocenters. The third-order valence-electron chi connectivity index (χ3n) is 6.24. The van der Waals surface area contributed by atoms with Gasteiger partial charge in [0.15, 0.2) is 0 Å². The topological polar surface area (TPSA) is 88.1 Å². The predicted octanol–water partition coefficient (Wildman–Crippen LogP) is 3.05. The van der Waals surface area contributed by atoms with Gasteiger partial charge in [0.1, 0.15) is 0 Å². The van der Waals surface area contributed by atoms with Crippen LogP contribution in [0.2, 0.25) is 0 Å². The molecule has 0 spiro atoms. The van der Waals surface area contributed by atoms with Gasteiger partial charge in [-0.3, -0.25) is 4.90 Å². The van der Waals surface area contributed by atoms with E-state index in [4.69, 9.17) is 16.2 Å². The number of benzene rings is 2. The van der Waals surface area contributed by atoms with Crippen LogP contribution in [0.25, 0.3) is 0 Å². The van der Waals surface area contributed by atoms with Crippen LogP contribution in [0.1, 0.15) is 34.8 Å². The number of esters is 1. The normalized spacial score (nSPS) is 14.4. The number of nitrogens with two attached hydrogens (primary N) is 2. The van der Waals surface area contributed by atoms with Crippen LogP contribution in [0.3, 0.4) is 0 Å². The summed E-state index contributed by atoms with van der Waals surface area (Å²) in [7, 11) is 0. The minimum absolute atomic E-state index is 0.284. The lowest BCUT2D eigenvalue weighted by Crippen LogP contribution is -2.47. The van der Waals surface area contributed by atoms with Gasteiger partial charge in [-0.05, 0) is 81.3 Å². The van der Waals surface area contributed by atoms with Gasteiger partial charge in [-0.15, -0.1) is 0 Å². The van der Waals surface area contributed by atoms with Gasteiger partial charge in [0.2, 0.25) is 0 Å². The van der Waals surface area contributed by atoms with Crippen LogP contribution in [0, 0.1) is 13.8 Å². The number of anilines is 3. The number of rotatable bonds is 10. The molecule has 1 saturated heterocycles. The lowest BCUT2D eigenvalue weighted by atomic mass is 10.1. The SMILES string of the molecule is CCOC(=O)c1ccc(N(CCCN)c2ccc(N3CCN(CCN)CC3)cc2C)c(C)c1. The summed E-state index contributed by atoms with van der Waals surface area (Å²) in [5.74, 6) is -0.284. The Morgan fingerprint density at radius 3 is 2.21 bits per heavy atom. The summed E-state index contributed by atoms with van der Waals surface area (Å²) >= 11 is 0. The first-order valence-electron chi connectivity index (χ1n) is 12.0. The van der Waals surface area contributed by atoms with Gasteiger partial charge < -0.3 is 26.0 Å². The first kappa shape index (κ1) is 25.0. The van der Waals surface area contributed by atoms with Gasteiger partial charge in [-0.2, -0.15) is 0 Å². The van der Waals surface area contributed by atoms with Crippen molar-refractivity contribution in [2.45, 2.75) is 27.2 Å². The molecule has 0 radical (unpaired) electrons. The van der Waals surface area contributed by atoms with Gasteiger partial charge in [0.25, 0.3) is 0 Å². The van der Waals surface area contributed by atoms with E-state index in [1.165, 1.54) is 16.9 Å². The van der Waals surface area contributed by atoms with E-state index in [9.17, 15) is 4.79 Å². The molecule has 4 N–H and O–H groups in total. The first-order valence-corrected chi connectivity index (χ1v) is 12.0. The second-order valence-corrected chi connectivity index (χ2v) is 8.60. The maximum atomic E-state index is 12.2. The average molecular weight is 454 g/mol. The first-order chi connectivity index (χ1) is 16.0. The molecule has 1 heterocycles. The molecule has 180 valence electrons. The molecule has 0 unspecified atom stereocenters. The van der Waals surface area contributed by atoms with E-state index in [1.54, 1.807) is 0 Å². The zero-order valence-corrected chi connectivity index (χ0v) is 20.3. The molecule has 0 bridgehead atoms. The Labute approximate surface area is 198 Å². The van der Waals surface area contributed by atoms with Crippen molar-refractivity contribution < 1.29 is 9.53 Å². The molecule has 1 fully saturated rings. The lowest BCUT2D eigenvalue weighted by molar-refractivity contribution is 0.0526. The molecule has 3 rings (SSSR count). The molecule has 7 heteroatoms. The zero-order chi connectivity index (χ0) is 23.8. The molecule has 1 aliphatic rings. The Morgan fingerprint density at radius 2 is 1.64 bits per heavy atom. The van der Waals surface area contributed by atoms with Gasteiger partial charge in [-0.25, -0.2) is 4.79 Å². The quantitative estimate of drug-likeness (QED) is 0.535. The summed E-state index contributed by atoms with van der Waals surface area (Å²) in [6, 6.07) is 12.5. The zero-order valence-electron chi connectivity index (χ0n) is 20.3. The van der Waals surface area contributed by atoms with E-state index in [-0.39, 0.29) is 5.97 Å². The van der Waals surface area contributed by atoms with Crippen molar-refractivity contribution in [2.75, 3.05) is 68.8 Å². The Balaban J connectivity index is 1.84. The Bertz CT molecular complexity index is 925. The molecule has 0 amide bonds. The number of carbonyl (C=O) groups excluding carboxylic acids is 1. The highest BCUT2D eigenvalue weighted by atomic mass is 16.5. The molecule has 2 aromatic rings. The number of aryl methyl sites for hydroxylation is 2. The molecule has 1 aliphatic heterocycles. The van der Waals surface area contributed by atoms with Crippen molar-refractivity contribution in [3.05, 3.63) is 53.1 Å². The highest BCUT2D eigenvalue weighted by Crippen LogP contribution is 2.34. The summed E-state index contributed by atoms with van der Waals surface area (Å²) in [5.41, 5.74) is 17.9. The third-order valence-corrected chi connectivity index (χ3v) is 6.24. The van der Waals surface area contributed by atoms with Gasteiger partial charge in [0, 0.05) is 62.9 Å². The molecule has 2 aromatic carbocycles. The van der Waals surface area contributed by atoms with Crippen molar-refractivity contribution in [3.8, 4) is 0 Å². The van der Waals surface area contributed by atoms with Gasteiger partial charge in [0.05, 0.1) is 12.2 Å². The fourth-order valence-corrected chi connectivity index (χ4v) is 4.47. The van der Waals surface area contributed by atoms with Crippen molar-refractivity contribution in [1.82, 2.24) is 4.90 Å². The number of nitrogens with zero attached hydrogens (tertiary/aromatic N) is 3. The van der Waals surface area contributed by atoms with E-state index >= 15 is 0 Å². The fourth-order valence-electron chi connectivity index (χ4n) is 4.47. The predicted molar refractivity (Wildman–Crippen MR) is 137 cm³/mol. The van der Waals surface area contributed by atoms with E-state index in [0.29, 0.717) is 25.3 Å². The summed E-state index contributed by atoms with van der Waals surface area (Å²) in [6.45, 7) is 13.7. The second-order valence-electron chi connectivity index (χ2n) is 8.60. The van der Waals surface area contributed by atoms with Crippen LogP contribution in [0.15, 0.2) is 36.4 Å². The Morgan fingerprint density at radius 1 is 0.970 bits per heavy atom. The van der Waals surface area contributed by atoms with E-state index in [2.05, 4.69) is 39.8 Å². The standard InChI is InChI=1S/C26H39N5O2/c1-4-33-26(32)22-6-8-24(20(2)18-22)31(12-5-10-27)25-9-7-23(19-21(25)3)30-16-14-29(13-11-28)15-17-30/h6-9,18-19H,4-5,10-17,27-28H2,1-3H3. The van der Waals surface area contributed by atoms with Crippen LogP contribution in [0.5, 0.6) is 0 Å². The number of piperazine rings is 1. The highest BCUT2D eigenvalue weighted by Gasteiger charge is 2.19. The largest absolute Gasteiger partial charge is 0.462 e. The van der Waals surface area contributed by atoms with E-state index < -0.39 is 0 Å². The minimum atomic E-state index is -0.284. The van der Waals surface area contributed by atoms with Crippen LogP contribution < -0.4 is 21.3 Å². The molecule has 33 heavy (non-hydrogen) atoms. The van der Waals surface area contributed by atoms with Crippen LogP contribution in [0.4, 0.5) is 17.1 Å². The number of hydrogen-bond acceptors (Lipinski definition) is 7. The minimum Gasteiger partial charge on any atom is -0.462 e. The molecule has 0 saturated carbocycles. The van der Waals surface area contributed by atoms with Gasteiger partial charge >= 0.3 is 5.97 Å². The van der Waals surface area contributed by atoms with Crippen LogP contribution in [-0.2, 0) is 4.74 Å². The Kier molecular flexibility index (Phi) is 9.11. The van der Waals surface area contributed by atoms with Crippen molar-refractivity contribution >= 4 is 23.0 Å². The maximum absolute atomic E-state index is 12.2. The van der Waals surface area contributed by atoms with Gasteiger partial charge in [-0.1, -0.05) is 0 Å². The number of carbonyl (C=O) groups is 1. The van der Waals surface area contributed by atoms with E-state index in [0.717, 1.165) is 56.9 Å². The monoisotopic (exact) mass is 453 g/mol. The van der Waals surface area contributed by atoms with Crippen molar-refractivity contribution in [1.29, 1.82) is 0 Å². The summed E-state index contributed by atoms with van der Waals surface area (Å²) < 4.78 is 5.16. The molecule has 7 nitrogen and oxygen atoms in total.